The maximum Gasteiger partial charge on any atom is 0.158 e. The number of ether oxygens (including phenoxy) is 2. The van der Waals surface area contributed by atoms with Gasteiger partial charge in [0, 0.05) is 0 Å². The number of hydrogen-bond acceptors (Lipinski definition) is 2. The first-order valence-electron chi connectivity index (χ1n) is 4.72. The van der Waals surface area contributed by atoms with Gasteiger partial charge in [0.05, 0.1) is 6.61 Å². The van der Waals surface area contributed by atoms with Gasteiger partial charge in [-0.25, -0.2) is 0 Å². The molecule has 0 saturated carbocycles. The van der Waals surface area contributed by atoms with E-state index < -0.39 is 0 Å². The van der Waals surface area contributed by atoms with Crippen LogP contribution in [0.1, 0.15) is 25.0 Å². The fourth-order valence-corrected chi connectivity index (χ4v) is 1.51. The van der Waals surface area contributed by atoms with Crippen LogP contribution in [0, 0.1) is 0 Å². The van der Waals surface area contributed by atoms with E-state index in [1.807, 2.05) is 18.2 Å². The third kappa shape index (κ3) is 1.90. The molecule has 2 heteroatoms. The Hall–Kier alpha value is -0.860. The summed E-state index contributed by atoms with van der Waals surface area (Å²) in [7, 11) is 0. The minimum absolute atomic E-state index is 0.00907. The Morgan fingerprint density at radius 3 is 2.69 bits per heavy atom. The molecule has 0 unspecified atom stereocenters. The number of benzene rings is 1. The van der Waals surface area contributed by atoms with Gasteiger partial charge in [0.25, 0.3) is 0 Å². The van der Waals surface area contributed by atoms with E-state index in [0.29, 0.717) is 6.61 Å². The molecule has 0 bridgehead atoms. The van der Waals surface area contributed by atoms with Crippen molar-refractivity contribution in [1.82, 2.24) is 0 Å². The second kappa shape index (κ2) is 3.90. The van der Waals surface area contributed by atoms with Crippen molar-refractivity contribution in [3.63, 3.8) is 0 Å². The molecule has 2 rings (SSSR count). The van der Waals surface area contributed by atoms with Gasteiger partial charge >= 0.3 is 0 Å². The van der Waals surface area contributed by atoms with Crippen molar-refractivity contribution in [3.05, 3.63) is 35.9 Å². The molecule has 1 heterocycles. The zero-order chi connectivity index (χ0) is 9.10. The van der Waals surface area contributed by atoms with Crippen LogP contribution < -0.4 is 0 Å². The van der Waals surface area contributed by atoms with Crippen molar-refractivity contribution in [2.45, 2.75) is 25.7 Å². The van der Waals surface area contributed by atoms with Crippen molar-refractivity contribution in [3.8, 4) is 0 Å². The van der Waals surface area contributed by atoms with E-state index in [-0.39, 0.29) is 12.4 Å². The molecule has 2 nitrogen and oxygen atoms in total. The van der Waals surface area contributed by atoms with Crippen molar-refractivity contribution in [2.24, 2.45) is 0 Å². The van der Waals surface area contributed by atoms with E-state index >= 15 is 0 Å². The Balaban J connectivity index is 2.04. The van der Waals surface area contributed by atoms with Gasteiger partial charge in [-0.2, -0.15) is 0 Å². The third-order valence-corrected chi connectivity index (χ3v) is 2.25. The summed E-state index contributed by atoms with van der Waals surface area (Å²) in [6.07, 6.45) is 1.04. The van der Waals surface area contributed by atoms with Crippen LogP contribution in [0.15, 0.2) is 30.3 Å². The molecule has 1 saturated heterocycles. The lowest BCUT2D eigenvalue weighted by atomic mass is 10.1. The minimum Gasteiger partial charge on any atom is -0.350 e. The van der Waals surface area contributed by atoms with Gasteiger partial charge in [0.15, 0.2) is 6.29 Å². The highest BCUT2D eigenvalue weighted by molar-refractivity contribution is 5.18. The van der Waals surface area contributed by atoms with Gasteiger partial charge in [0.1, 0.15) is 6.10 Å². The third-order valence-electron chi connectivity index (χ3n) is 2.25. The topological polar surface area (TPSA) is 18.5 Å². The van der Waals surface area contributed by atoms with Crippen molar-refractivity contribution in [2.75, 3.05) is 6.61 Å². The molecule has 0 amide bonds. The molecule has 0 N–H and O–H groups in total. The van der Waals surface area contributed by atoms with Crippen LogP contribution in [-0.4, -0.2) is 12.9 Å². The van der Waals surface area contributed by atoms with E-state index in [1.54, 1.807) is 0 Å². The normalized spacial score (nSPS) is 27.8. The van der Waals surface area contributed by atoms with E-state index in [4.69, 9.17) is 9.47 Å². The molecule has 1 aliphatic rings. The van der Waals surface area contributed by atoms with Gasteiger partial charge < -0.3 is 9.47 Å². The lowest BCUT2D eigenvalue weighted by molar-refractivity contribution is -0.0592. The summed E-state index contributed by atoms with van der Waals surface area (Å²) < 4.78 is 11.1. The molecule has 1 aromatic carbocycles. The van der Waals surface area contributed by atoms with Crippen LogP contribution in [0.25, 0.3) is 0 Å². The fourth-order valence-electron chi connectivity index (χ4n) is 1.51. The molecule has 0 spiro atoms. The highest BCUT2D eigenvalue weighted by Gasteiger charge is 2.25. The van der Waals surface area contributed by atoms with Crippen molar-refractivity contribution in [1.29, 1.82) is 0 Å². The molecular formula is C11H14O2. The number of hydrogen-bond donors (Lipinski definition) is 0. The van der Waals surface area contributed by atoms with Crippen LogP contribution in [0.4, 0.5) is 0 Å². The van der Waals surface area contributed by atoms with Gasteiger partial charge in [-0.05, 0) is 12.0 Å². The number of rotatable bonds is 2. The summed E-state index contributed by atoms with van der Waals surface area (Å²) in [4.78, 5) is 0. The van der Waals surface area contributed by atoms with Gasteiger partial charge in [-0.1, -0.05) is 37.3 Å². The standard InChI is InChI=1S/C11H14O2/c1-2-11-12-8-10(13-11)9-6-4-3-5-7-9/h3-7,10-11H,2,8H2,1H3/t10-,11-/m0/s1. The predicted molar refractivity (Wildman–Crippen MR) is 50.3 cm³/mol. The Bertz CT molecular complexity index is 258. The predicted octanol–water partition coefficient (Wildman–Crippen LogP) is 2.51. The molecule has 2 atom stereocenters. The largest absolute Gasteiger partial charge is 0.350 e. The smallest absolute Gasteiger partial charge is 0.158 e. The quantitative estimate of drug-likeness (QED) is 0.692. The zero-order valence-electron chi connectivity index (χ0n) is 7.77. The zero-order valence-corrected chi connectivity index (χ0v) is 7.77. The molecule has 1 aliphatic heterocycles. The van der Waals surface area contributed by atoms with Crippen LogP contribution in [0.2, 0.25) is 0 Å². The maximum atomic E-state index is 5.67. The molecule has 1 fully saturated rings. The molecule has 0 aliphatic carbocycles. The van der Waals surface area contributed by atoms with Gasteiger partial charge in [0.2, 0.25) is 0 Å². The van der Waals surface area contributed by atoms with Crippen LogP contribution >= 0.6 is 0 Å². The molecule has 13 heavy (non-hydrogen) atoms. The lowest BCUT2D eigenvalue weighted by Gasteiger charge is -2.09. The Morgan fingerprint density at radius 1 is 1.31 bits per heavy atom. The van der Waals surface area contributed by atoms with E-state index in [0.717, 1.165) is 6.42 Å². The summed E-state index contributed by atoms with van der Waals surface area (Å²) in [6.45, 7) is 2.75. The second-order valence-corrected chi connectivity index (χ2v) is 3.21. The summed E-state index contributed by atoms with van der Waals surface area (Å²) in [6, 6.07) is 10.2. The Kier molecular flexibility index (Phi) is 2.62. The van der Waals surface area contributed by atoms with E-state index in [1.165, 1.54) is 5.56 Å². The van der Waals surface area contributed by atoms with Crippen LogP contribution in [0.3, 0.4) is 0 Å². The molecule has 0 radical (unpaired) electrons. The Morgan fingerprint density at radius 2 is 2.08 bits per heavy atom. The average Bonchev–Trinajstić information content (AvgIpc) is 2.67. The fraction of sp³-hybridized carbons (Fsp3) is 0.455. The molecule has 0 aromatic heterocycles. The van der Waals surface area contributed by atoms with Gasteiger partial charge in [-0.3, -0.25) is 0 Å². The van der Waals surface area contributed by atoms with E-state index in [2.05, 4.69) is 19.1 Å². The summed E-state index contributed by atoms with van der Waals surface area (Å²) >= 11 is 0. The first-order chi connectivity index (χ1) is 6.40. The summed E-state index contributed by atoms with van der Waals surface area (Å²) in [5, 5.41) is 0. The molecule has 70 valence electrons. The SMILES string of the molecule is CC[C@H]1OC[C@@H](c2ccccc2)O1. The highest BCUT2D eigenvalue weighted by Crippen LogP contribution is 2.27. The first-order valence-corrected chi connectivity index (χ1v) is 4.72. The van der Waals surface area contributed by atoms with Crippen molar-refractivity contribution >= 4 is 0 Å². The maximum absolute atomic E-state index is 5.67. The van der Waals surface area contributed by atoms with Gasteiger partial charge in [-0.15, -0.1) is 0 Å². The minimum atomic E-state index is -0.00907. The van der Waals surface area contributed by atoms with Crippen LogP contribution in [0.5, 0.6) is 0 Å². The average molecular weight is 178 g/mol. The molecular weight excluding hydrogens is 164 g/mol. The first kappa shape index (κ1) is 8.73. The van der Waals surface area contributed by atoms with E-state index in [9.17, 15) is 0 Å². The summed E-state index contributed by atoms with van der Waals surface area (Å²) in [5.74, 6) is 0. The Labute approximate surface area is 78.5 Å². The van der Waals surface area contributed by atoms with Crippen LogP contribution in [-0.2, 0) is 9.47 Å². The molecule has 1 aromatic rings. The second-order valence-electron chi connectivity index (χ2n) is 3.21. The lowest BCUT2D eigenvalue weighted by Crippen LogP contribution is -2.05. The highest BCUT2D eigenvalue weighted by atomic mass is 16.7. The van der Waals surface area contributed by atoms with Crippen molar-refractivity contribution < 1.29 is 9.47 Å². The monoisotopic (exact) mass is 178 g/mol. The summed E-state index contributed by atoms with van der Waals surface area (Å²) in [5.41, 5.74) is 1.21.